The number of ether oxygens (including phenoxy) is 2. The molecule has 2 aromatic rings. The lowest BCUT2D eigenvalue weighted by molar-refractivity contribution is -0.132. The smallest absolute Gasteiger partial charge is 0.317 e. The molecular weight excluding hydrogens is 462 g/mol. The predicted octanol–water partition coefficient (Wildman–Crippen LogP) is 5.11. The Labute approximate surface area is 214 Å². The van der Waals surface area contributed by atoms with Crippen LogP contribution in [0.1, 0.15) is 49.6 Å². The van der Waals surface area contributed by atoms with E-state index in [4.69, 9.17) is 9.47 Å². The lowest BCUT2D eigenvalue weighted by Gasteiger charge is -2.29. The van der Waals surface area contributed by atoms with Crippen molar-refractivity contribution in [3.8, 4) is 11.5 Å². The Balaban J connectivity index is 2.17. The van der Waals surface area contributed by atoms with Crippen molar-refractivity contribution in [2.45, 2.75) is 53.5 Å². The predicted molar refractivity (Wildman–Crippen MR) is 142 cm³/mol. The van der Waals surface area contributed by atoms with Gasteiger partial charge in [0.2, 0.25) is 5.91 Å². The molecule has 0 fully saturated rings. The summed E-state index contributed by atoms with van der Waals surface area (Å²) in [6.07, 6.45) is 2.60. The molecule has 0 bridgehead atoms. The molecule has 0 unspecified atom stereocenters. The van der Waals surface area contributed by atoms with E-state index in [0.717, 1.165) is 23.3 Å². The molecule has 1 aromatic carbocycles. The van der Waals surface area contributed by atoms with Gasteiger partial charge in [0.05, 0.1) is 20.8 Å². The maximum absolute atomic E-state index is 13.5. The van der Waals surface area contributed by atoms with Crippen LogP contribution >= 0.6 is 11.3 Å². The lowest BCUT2D eigenvalue weighted by Crippen LogP contribution is -2.48. The van der Waals surface area contributed by atoms with Crippen molar-refractivity contribution in [3.63, 3.8) is 0 Å². The Morgan fingerprint density at radius 2 is 1.83 bits per heavy atom. The maximum atomic E-state index is 13.5. The van der Waals surface area contributed by atoms with Gasteiger partial charge in [-0.25, -0.2) is 4.79 Å². The highest BCUT2D eigenvalue weighted by atomic mass is 32.1. The molecule has 0 aliphatic heterocycles. The van der Waals surface area contributed by atoms with Crippen LogP contribution < -0.4 is 14.8 Å². The molecule has 7 nitrogen and oxygen atoms in total. The number of nitrogens with one attached hydrogen (secondary N) is 1. The number of carbonyl (C=O) groups is 2. The SMILES string of the molecule is CCCCNC(=O)N(CC(=O)N(CCc1ccc(OC)c(OC)c1)Cc1sccc1C)CC(C)C. The Bertz CT molecular complexity index is 944. The van der Waals surface area contributed by atoms with Gasteiger partial charge in [-0.3, -0.25) is 4.79 Å². The molecular formula is C27H41N3O4S. The van der Waals surface area contributed by atoms with Gasteiger partial charge in [0.25, 0.3) is 0 Å². The van der Waals surface area contributed by atoms with Crippen molar-refractivity contribution in [2.75, 3.05) is 40.4 Å². The molecule has 0 spiro atoms. The molecule has 0 aliphatic rings. The van der Waals surface area contributed by atoms with Gasteiger partial charge in [0, 0.05) is 24.5 Å². The number of hydrogen-bond acceptors (Lipinski definition) is 5. The van der Waals surface area contributed by atoms with E-state index in [9.17, 15) is 9.59 Å². The van der Waals surface area contributed by atoms with E-state index >= 15 is 0 Å². The summed E-state index contributed by atoms with van der Waals surface area (Å²) in [5, 5.41) is 5.01. The molecule has 1 N–H and O–H groups in total. The maximum Gasteiger partial charge on any atom is 0.317 e. The first-order chi connectivity index (χ1) is 16.8. The van der Waals surface area contributed by atoms with Crippen molar-refractivity contribution >= 4 is 23.3 Å². The Hall–Kier alpha value is -2.74. The zero-order chi connectivity index (χ0) is 25.8. The molecule has 1 aromatic heterocycles. The van der Waals surface area contributed by atoms with Gasteiger partial charge in [-0.05, 0) is 60.4 Å². The van der Waals surface area contributed by atoms with Gasteiger partial charge < -0.3 is 24.6 Å². The van der Waals surface area contributed by atoms with Crippen LogP contribution in [0.5, 0.6) is 11.5 Å². The third-order valence-corrected chi connectivity index (χ3v) is 6.79. The van der Waals surface area contributed by atoms with Crippen LogP contribution in [0.15, 0.2) is 29.6 Å². The minimum atomic E-state index is -0.173. The van der Waals surface area contributed by atoms with Crippen LogP contribution in [0.4, 0.5) is 4.79 Å². The molecule has 8 heteroatoms. The number of benzene rings is 1. The first-order valence-corrected chi connectivity index (χ1v) is 13.2. The van der Waals surface area contributed by atoms with Crippen molar-refractivity contribution in [1.29, 1.82) is 0 Å². The van der Waals surface area contributed by atoms with E-state index in [1.54, 1.807) is 30.5 Å². The standard InChI is InChI=1S/C27H41N3O4S/c1-7-8-13-28-27(32)30(17-20(2)3)19-26(31)29(18-25-21(4)12-15-35-25)14-11-22-9-10-23(33-5)24(16-22)34-6/h9-10,12,15-16,20H,7-8,11,13-14,17-19H2,1-6H3,(H,28,32). The summed E-state index contributed by atoms with van der Waals surface area (Å²) >= 11 is 1.65. The number of aryl methyl sites for hydroxylation is 1. The Morgan fingerprint density at radius 1 is 1.09 bits per heavy atom. The summed E-state index contributed by atoms with van der Waals surface area (Å²) < 4.78 is 10.8. The number of thiophene rings is 1. The third-order valence-electron chi connectivity index (χ3n) is 5.78. The summed E-state index contributed by atoms with van der Waals surface area (Å²) in [5.41, 5.74) is 2.23. The molecule has 0 saturated heterocycles. The summed E-state index contributed by atoms with van der Waals surface area (Å²) in [5.74, 6) is 1.56. The third kappa shape index (κ3) is 9.09. The minimum absolute atomic E-state index is 0.0513. The second-order valence-corrected chi connectivity index (χ2v) is 10.1. The van der Waals surface area contributed by atoms with Crippen LogP contribution in [-0.2, 0) is 17.8 Å². The highest BCUT2D eigenvalue weighted by Gasteiger charge is 2.23. The van der Waals surface area contributed by atoms with Crippen LogP contribution in [-0.4, -0.2) is 62.1 Å². The highest BCUT2D eigenvalue weighted by Crippen LogP contribution is 2.28. The van der Waals surface area contributed by atoms with E-state index in [0.29, 0.717) is 44.1 Å². The van der Waals surface area contributed by atoms with Gasteiger partial charge in [-0.15, -0.1) is 11.3 Å². The number of amides is 3. The number of rotatable bonds is 14. The molecule has 2 rings (SSSR count). The number of hydrogen-bond donors (Lipinski definition) is 1. The van der Waals surface area contributed by atoms with E-state index in [2.05, 4.69) is 39.1 Å². The van der Waals surface area contributed by atoms with Crippen molar-refractivity contribution in [2.24, 2.45) is 5.92 Å². The monoisotopic (exact) mass is 503 g/mol. The van der Waals surface area contributed by atoms with Crippen LogP contribution in [0.2, 0.25) is 0 Å². The zero-order valence-electron chi connectivity index (χ0n) is 22.1. The zero-order valence-corrected chi connectivity index (χ0v) is 22.9. The van der Waals surface area contributed by atoms with E-state index in [-0.39, 0.29) is 24.4 Å². The summed E-state index contributed by atoms with van der Waals surface area (Å²) in [6, 6.07) is 7.72. The summed E-state index contributed by atoms with van der Waals surface area (Å²) in [4.78, 5) is 31.0. The molecule has 0 saturated carbocycles. The lowest BCUT2D eigenvalue weighted by atomic mass is 10.1. The average Bonchev–Trinajstić information content (AvgIpc) is 3.24. The molecule has 194 valence electrons. The quantitative estimate of drug-likeness (QED) is 0.364. The van der Waals surface area contributed by atoms with E-state index in [1.807, 2.05) is 28.5 Å². The molecule has 0 radical (unpaired) electrons. The van der Waals surface area contributed by atoms with Crippen molar-refractivity contribution in [1.82, 2.24) is 15.1 Å². The van der Waals surface area contributed by atoms with E-state index in [1.165, 1.54) is 5.56 Å². The Morgan fingerprint density at radius 3 is 2.43 bits per heavy atom. The Kier molecular flexibility index (Phi) is 11.9. The average molecular weight is 504 g/mol. The van der Waals surface area contributed by atoms with Crippen LogP contribution in [0, 0.1) is 12.8 Å². The number of methoxy groups -OCH3 is 2. The van der Waals surface area contributed by atoms with E-state index < -0.39 is 0 Å². The molecule has 3 amide bonds. The molecule has 1 heterocycles. The van der Waals surface area contributed by atoms with Crippen molar-refractivity contribution < 1.29 is 19.1 Å². The number of nitrogens with zero attached hydrogens (tertiary/aromatic N) is 2. The summed E-state index contributed by atoms with van der Waals surface area (Å²) in [7, 11) is 3.23. The first-order valence-electron chi connectivity index (χ1n) is 12.3. The fourth-order valence-corrected chi connectivity index (χ4v) is 4.66. The molecule has 0 aliphatic carbocycles. The normalized spacial score (nSPS) is 10.8. The number of unbranched alkanes of at least 4 members (excludes halogenated alkanes) is 1. The van der Waals surface area contributed by atoms with Crippen molar-refractivity contribution in [3.05, 3.63) is 45.6 Å². The van der Waals surface area contributed by atoms with Gasteiger partial charge in [-0.2, -0.15) is 0 Å². The summed E-state index contributed by atoms with van der Waals surface area (Å²) in [6.45, 7) is 10.6. The highest BCUT2D eigenvalue weighted by molar-refractivity contribution is 7.10. The number of carbonyl (C=O) groups excluding carboxylic acids is 2. The molecule has 0 atom stereocenters. The fourth-order valence-electron chi connectivity index (χ4n) is 3.74. The second kappa shape index (κ2) is 14.6. The van der Waals surface area contributed by atoms with Crippen LogP contribution in [0.3, 0.4) is 0 Å². The number of urea groups is 1. The van der Waals surface area contributed by atoms with Gasteiger partial charge in [0.1, 0.15) is 6.54 Å². The van der Waals surface area contributed by atoms with Gasteiger partial charge in [-0.1, -0.05) is 33.3 Å². The van der Waals surface area contributed by atoms with Crippen LogP contribution in [0.25, 0.3) is 0 Å². The largest absolute Gasteiger partial charge is 0.493 e. The topological polar surface area (TPSA) is 71.1 Å². The fraction of sp³-hybridized carbons (Fsp3) is 0.556. The minimum Gasteiger partial charge on any atom is -0.493 e. The van der Waals surface area contributed by atoms with Gasteiger partial charge in [0.15, 0.2) is 11.5 Å². The molecule has 35 heavy (non-hydrogen) atoms. The second-order valence-electron chi connectivity index (χ2n) is 9.14. The van der Waals surface area contributed by atoms with Gasteiger partial charge >= 0.3 is 6.03 Å². The first kappa shape index (κ1) is 28.5.